The molecule has 2 unspecified atom stereocenters. The lowest BCUT2D eigenvalue weighted by Gasteiger charge is -2.17. The molecule has 1 aromatic carbocycles. The van der Waals surface area contributed by atoms with Crippen molar-refractivity contribution >= 4 is 11.3 Å². The van der Waals surface area contributed by atoms with Gasteiger partial charge in [-0.25, -0.2) is 4.39 Å². The summed E-state index contributed by atoms with van der Waals surface area (Å²) >= 11 is 1.59. The Bertz CT molecular complexity index is 555. The Kier molecular flexibility index (Phi) is 3.64. The van der Waals surface area contributed by atoms with Gasteiger partial charge in [-0.05, 0) is 58.5 Å². The molecule has 0 saturated heterocycles. The molecule has 1 aromatic heterocycles. The quantitative estimate of drug-likeness (QED) is 0.899. The van der Waals surface area contributed by atoms with E-state index in [1.165, 1.54) is 11.6 Å². The summed E-state index contributed by atoms with van der Waals surface area (Å²) in [7, 11) is 0. The molecule has 0 saturated carbocycles. The molecule has 4 heteroatoms. The lowest BCUT2D eigenvalue weighted by Crippen LogP contribution is -2.24. The van der Waals surface area contributed by atoms with E-state index < -0.39 is 6.10 Å². The summed E-state index contributed by atoms with van der Waals surface area (Å²) in [6, 6.07) is 7.14. The van der Waals surface area contributed by atoms with E-state index in [-0.39, 0.29) is 11.9 Å². The van der Waals surface area contributed by atoms with Crippen LogP contribution in [0, 0.1) is 5.82 Å². The first-order chi connectivity index (χ1) is 9.24. The summed E-state index contributed by atoms with van der Waals surface area (Å²) < 4.78 is 13.1. The van der Waals surface area contributed by atoms with Crippen molar-refractivity contribution < 1.29 is 9.50 Å². The van der Waals surface area contributed by atoms with Crippen molar-refractivity contribution in [3.8, 4) is 0 Å². The number of benzene rings is 1. The number of thiophene rings is 1. The number of hydrogen-bond donors (Lipinski definition) is 2. The highest BCUT2D eigenvalue weighted by atomic mass is 32.1. The molecule has 0 aliphatic heterocycles. The van der Waals surface area contributed by atoms with E-state index in [0.717, 1.165) is 24.0 Å². The van der Waals surface area contributed by atoms with Crippen LogP contribution in [0.5, 0.6) is 0 Å². The van der Waals surface area contributed by atoms with Crippen molar-refractivity contribution in [1.82, 2.24) is 5.32 Å². The van der Waals surface area contributed by atoms with Crippen molar-refractivity contribution in [3.63, 3.8) is 0 Å². The summed E-state index contributed by atoms with van der Waals surface area (Å²) in [6.45, 7) is 0.526. The van der Waals surface area contributed by atoms with Gasteiger partial charge in [0.2, 0.25) is 0 Å². The molecule has 1 heterocycles. The third-order valence-corrected chi connectivity index (χ3v) is 4.37. The van der Waals surface area contributed by atoms with Gasteiger partial charge in [0.25, 0.3) is 0 Å². The van der Waals surface area contributed by atoms with E-state index >= 15 is 0 Å². The van der Waals surface area contributed by atoms with E-state index in [0.29, 0.717) is 6.54 Å². The highest BCUT2D eigenvalue weighted by Crippen LogP contribution is 2.31. The Labute approximate surface area is 115 Å². The number of halogens is 1. The van der Waals surface area contributed by atoms with Gasteiger partial charge < -0.3 is 10.4 Å². The molecule has 1 aliphatic rings. The van der Waals surface area contributed by atoms with Crippen molar-refractivity contribution in [3.05, 3.63) is 57.5 Å². The van der Waals surface area contributed by atoms with Crippen molar-refractivity contribution in [2.45, 2.75) is 25.0 Å². The smallest absolute Gasteiger partial charge is 0.123 e. The van der Waals surface area contributed by atoms with E-state index in [1.807, 2.05) is 22.9 Å². The number of aryl methyl sites for hydroxylation is 1. The first-order valence-electron chi connectivity index (χ1n) is 6.46. The molecule has 2 atom stereocenters. The van der Waals surface area contributed by atoms with Crippen LogP contribution in [0.15, 0.2) is 35.0 Å². The molecule has 2 nitrogen and oxygen atoms in total. The van der Waals surface area contributed by atoms with Gasteiger partial charge in [0.05, 0.1) is 6.10 Å². The Morgan fingerprint density at radius 2 is 2.32 bits per heavy atom. The van der Waals surface area contributed by atoms with Gasteiger partial charge in [0, 0.05) is 12.6 Å². The number of aliphatic hydroxyl groups excluding tert-OH is 1. The fourth-order valence-corrected chi connectivity index (χ4v) is 3.34. The fraction of sp³-hybridized carbons (Fsp3) is 0.333. The Morgan fingerprint density at radius 3 is 3.11 bits per heavy atom. The van der Waals surface area contributed by atoms with Gasteiger partial charge in [-0.1, -0.05) is 6.07 Å². The van der Waals surface area contributed by atoms with Crippen LogP contribution in [0.25, 0.3) is 0 Å². The minimum atomic E-state index is -0.476. The van der Waals surface area contributed by atoms with Crippen LogP contribution in [0.3, 0.4) is 0 Å². The zero-order chi connectivity index (χ0) is 13.2. The minimum Gasteiger partial charge on any atom is -0.387 e. The second kappa shape index (κ2) is 5.41. The fourth-order valence-electron chi connectivity index (χ4n) is 2.63. The number of fused-ring (bicyclic) bond motifs is 1. The van der Waals surface area contributed by atoms with Gasteiger partial charge in [-0.3, -0.25) is 0 Å². The van der Waals surface area contributed by atoms with Gasteiger partial charge >= 0.3 is 0 Å². The second-order valence-corrected chi connectivity index (χ2v) is 5.70. The molecular weight excluding hydrogens is 261 g/mol. The number of nitrogens with one attached hydrogen (secondary N) is 1. The molecule has 100 valence electrons. The first kappa shape index (κ1) is 12.8. The first-order valence-corrected chi connectivity index (χ1v) is 7.40. The number of aliphatic hydroxyl groups is 1. The molecule has 0 radical (unpaired) electrons. The predicted octanol–water partition coefficient (Wildman–Crippen LogP) is 3.20. The minimum absolute atomic E-state index is 0.169. The van der Waals surface area contributed by atoms with Gasteiger partial charge in [-0.15, -0.1) is 0 Å². The van der Waals surface area contributed by atoms with Crippen LogP contribution in [0.4, 0.5) is 4.39 Å². The molecule has 19 heavy (non-hydrogen) atoms. The normalized spacial score (nSPS) is 19.4. The maximum atomic E-state index is 13.1. The molecule has 0 bridgehead atoms. The maximum Gasteiger partial charge on any atom is 0.123 e. The summed E-state index contributed by atoms with van der Waals surface area (Å²) in [5.74, 6) is -0.169. The molecular formula is C15H16FNOS. The van der Waals surface area contributed by atoms with Gasteiger partial charge in [0.15, 0.2) is 0 Å². The topological polar surface area (TPSA) is 32.3 Å². The van der Waals surface area contributed by atoms with Gasteiger partial charge in [-0.2, -0.15) is 11.3 Å². The van der Waals surface area contributed by atoms with E-state index in [9.17, 15) is 9.50 Å². The predicted molar refractivity (Wildman–Crippen MR) is 74.7 cm³/mol. The van der Waals surface area contributed by atoms with Crippen LogP contribution < -0.4 is 5.32 Å². The van der Waals surface area contributed by atoms with Crippen LogP contribution in [-0.4, -0.2) is 11.7 Å². The van der Waals surface area contributed by atoms with Crippen LogP contribution in [0.1, 0.15) is 35.3 Å². The molecule has 0 amide bonds. The molecule has 0 fully saturated rings. The Morgan fingerprint density at radius 1 is 1.42 bits per heavy atom. The summed E-state index contributed by atoms with van der Waals surface area (Å²) in [4.78, 5) is 0. The largest absolute Gasteiger partial charge is 0.387 e. The van der Waals surface area contributed by atoms with Gasteiger partial charge in [0.1, 0.15) is 5.82 Å². The molecule has 2 aromatic rings. The van der Waals surface area contributed by atoms with E-state index in [1.54, 1.807) is 17.4 Å². The van der Waals surface area contributed by atoms with Crippen molar-refractivity contribution in [2.75, 3.05) is 6.54 Å². The lowest BCUT2D eigenvalue weighted by molar-refractivity contribution is 0.170. The summed E-state index contributed by atoms with van der Waals surface area (Å²) in [5.41, 5.74) is 3.20. The highest BCUT2D eigenvalue weighted by Gasteiger charge is 2.23. The highest BCUT2D eigenvalue weighted by molar-refractivity contribution is 7.07. The molecule has 3 rings (SSSR count). The van der Waals surface area contributed by atoms with E-state index in [4.69, 9.17) is 0 Å². The van der Waals surface area contributed by atoms with Crippen molar-refractivity contribution in [1.29, 1.82) is 0 Å². The zero-order valence-electron chi connectivity index (χ0n) is 10.5. The van der Waals surface area contributed by atoms with Crippen LogP contribution >= 0.6 is 11.3 Å². The monoisotopic (exact) mass is 277 g/mol. The van der Waals surface area contributed by atoms with Crippen LogP contribution in [-0.2, 0) is 6.42 Å². The third-order valence-electron chi connectivity index (χ3n) is 3.67. The maximum absolute atomic E-state index is 13.1. The SMILES string of the molecule is OC(CNC1CCc2cc(F)ccc21)c1ccsc1. The van der Waals surface area contributed by atoms with E-state index in [2.05, 4.69) is 5.32 Å². The molecule has 1 aliphatic carbocycles. The Hall–Kier alpha value is -1.23. The van der Waals surface area contributed by atoms with Crippen molar-refractivity contribution in [2.24, 2.45) is 0 Å². The summed E-state index contributed by atoms with van der Waals surface area (Å²) in [5, 5.41) is 17.4. The zero-order valence-corrected chi connectivity index (χ0v) is 11.3. The Balaban J connectivity index is 1.64. The average Bonchev–Trinajstić information content (AvgIpc) is 3.05. The lowest BCUT2D eigenvalue weighted by atomic mass is 10.1. The number of hydrogen-bond acceptors (Lipinski definition) is 3. The number of rotatable bonds is 4. The second-order valence-electron chi connectivity index (χ2n) is 4.92. The molecule has 2 N–H and O–H groups in total. The summed E-state index contributed by atoms with van der Waals surface area (Å²) in [6.07, 6.45) is 1.39. The average molecular weight is 277 g/mol. The standard InChI is InChI=1S/C15H16FNOS/c16-12-2-3-13-10(7-12)1-4-14(13)17-8-15(18)11-5-6-19-9-11/h2-3,5-7,9,14-15,17-18H,1,4,8H2. The molecule has 0 spiro atoms. The van der Waals surface area contributed by atoms with Crippen LogP contribution in [0.2, 0.25) is 0 Å². The third kappa shape index (κ3) is 2.71.